The second kappa shape index (κ2) is 8.37. The highest BCUT2D eigenvalue weighted by atomic mass is 32.1. The van der Waals surface area contributed by atoms with Gasteiger partial charge in [0.25, 0.3) is 0 Å². The van der Waals surface area contributed by atoms with Crippen LogP contribution in [0.15, 0.2) is 41.9 Å². The Kier molecular flexibility index (Phi) is 5.96. The first-order chi connectivity index (χ1) is 11.7. The van der Waals surface area contributed by atoms with Crippen LogP contribution in [-0.4, -0.2) is 41.6 Å². The van der Waals surface area contributed by atoms with Crippen molar-refractivity contribution in [3.05, 3.63) is 52.5 Å². The summed E-state index contributed by atoms with van der Waals surface area (Å²) in [5, 5.41) is 5.85. The average molecular weight is 345 g/mol. The van der Waals surface area contributed by atoms with Gasteiger partial charge in [0, 0.05) is 31.2 Å². The fourth-order valence-corrected chi connectivity index (χ4v) is 3.55. The standard InChI is InChI=1S/C18H23N3O2S/c1-14(18-19-7-10-24-18)20-17(22)11-16-13-21(8-9-23-16)12-15-5-3-2-4-6-15/h2-7,10,14,16H,8-9,11-13H2,1H3,(H,20,22)/t14-,16+/m0/s1. The molecule has 1 fully saturated rings. The van der Waals surface area contributed by atoms with E-state index in [0.29, 0.717) is 13.0 Å². The minimum absolute atomic E-state index is 0.0178. The van der Waals surface area contributed by atoms with Gasteiger partial charge in [-0.2, -0.15) is 0 Å². The van der Waals surface area contributed by atoms with Gasteiger partial charge < -0.3 is 10.1 Å². The molecule has 1 aromatic heterocycles. The maximum Gasteiger partial charge on any atom is 0.223 e. The van der Waals surface area contributed by atoms with Crippen LogP contribution in [-0.2, 0) is 16.1 Å². The summed E-state index contributed by atoms with van der Waals surface area (Å²) < 4.78 is 5.77. The lowest BCUT2D eigenvalue weighted by Gasteiger charge is -2.32. The molecular weight excluding hydrogens is 322 g/mol. The van der Waals surface area contributed by atoms with Gasteiger partial charge in [0.1, 0.15) is 5.01 Å². The number of aromatic nitrogens is 1. The molecule has 1 aliphatic heterocycles. The smallest absolute Gasteiger partial charge is 0.223 e. The zero-order valence-corrected chi connectivity index (χ0v) is 14.7. The lowest BCUT2D eigenvalue weighted by atomic mass is 10.1. The van der Waals surface area contributed by atoms with E-state index in [1.165, 1.54) is 5.56 Å². The van der Waals surface area contributed by atoms with Crippen molar-refractivity contribution in [2.24, 2.45) is 0 Å². The summed E-state index contributed by atoms with van der Waals surface area (Å²) in [6, 6.07) is 10.3. The highest BCUT2D eigenvalue weighted by molar-refractivity contribution is 7.09. The average Bonchev–Trinajstić information content (AvgIpc) is 3.10. The number of thiazole rings is 1. The Morgan fingerprint density at radius 1 is 1.46 bits per heavy atom. The lowest BCUT2D eigenvalue weighted by molar-refractivity contribution is -0.126. The van der Waals surface area contributed by atoms with Gasteiger partial charge in [-0.15, -0.1) is 11.3 Å². The summed E-state index contributed by atoms with van der Waals surface area (Å²) in [4.78, 5) is 18.8. The molecule has 5 nitrogen and oxygen atoms in total. The number of ether oxygens (including phenoxy) is 1. The third-order valence-electron chi connectivity index (χ3n) is 4.08. The molecule has 0 saturated carbocycles. The number of morpholine rings is 1. The molecule has 0 bridgehead atoms. The van der Waals surface area contributed by atoms with Crippen molar-refractivity contribution in [2.45, 2.75) is 32.0 Å². The highest BCUT2D eigenvalue weighted by Crippen LogP contribution is 2.16. The molecule has 1 N–H and O–H groups in total. The van der Waals surface area contributed by atoms with E-state index in [0.717, 1.165) is 24.6 Å². The van der Waals surface area contributed by atoms with E-state index in [9.17, 15) is 4.79 Å². The molecule has 0 spiro atoms. The molecule has 3 rings (SSSR count). The van der Waals surface area contributed by atoms with Crippen molar-refractivity contribution >= 4 is 17.2 Å². The molecule has 2 heterocycles. The van der Waals surface area contributed by atoms with Crippen molar-refractivity contribution in [3.63, 3.8) is 0 Å². The predicted octanol–water partition coefficient (Wildman–Crippen LogP) is 2.61. The number of carbonyl (C=O) groups excluding carboxylic acids is 1. The fraction of sp³-hybridized carbons (Fsp3) is 0.444. The van der Waals surface area contributed by atoms with Gasteiger partial charge in [-0.25, -0.2) is 4.98 Å². The Morgan fingerprint density at radius 2 is 2.29 bits per heavy atom. The Bertz CT molecular complexity index is 633. The van der Waals surface area contributed by atoms with E-state index in [4.69, 9.17) is 4.74 Å². The third-order valence-corrected chi connectivity index (χ3v) is 5.04. The molecule has 1 amide bonds. The van der Waals surface area contributed by atoms with Crippen LogP contribution in [0.3, 0.4) is 0 Å². The maximum atomic E-state index is 12.2. The molecule has 2 aromatic rings. The van der Waals surface area contributed by atoms with Gasteiger partial charge in [0.15, 0.2) is 0 Å². The monoisotopic (exact) mass is 345 g/mol. The normalized spacial score (nSPS) is 19.8. The van der Waals surface area contributed by atoms with Crippen molar-refractivity contribution in [1.29, 1.82) is 0 Å². The number of rotatable bonds is 6. The molecule has 0 aliphatic carbocycles. The van der Waals surface area contributed by atoms with Gasteiger partial charge in [-0.3, -0.25) is 9.69 Å². The van der Waals surface area contributed by atoms with E-state index < -0.39 is 0 Å². The summed E-state index contributed by atoms with van der Waals surface area (Å²) in [6.45, 7) is 5.22. The van der Waals surface area contributed by atoms with E-state index in [1.54, 1.807) is 17.5 Å². The lowest BCUT2D eigenvalue weighted by Crippen LogP contribution is -2.44. The van der Waals surface area contributed by atoms with E-state index in [2.05, 4.69) is 39.5 Å². The second-order valence-electron chi connectivity index (χ2n) is 6.08. The summed E-state index contributed by atoms with van der Waals surface area (Å²) in [7, 11) is 0. The minimum Gasteiger partial charge on any atom is -0.375 e. The van der Waals surface area contributed by atoms with Crippen LogP contribution in [0.2, 0.25) is 0 Å². The van der Waals surface area contributed by atoms with E-state index in [-0.39, 0.29) is 18.1 Å². The summed E-state index contributed by atoms with van der Waals surface area (Å²) in [5.41, 5.74) is 1.29. The molecule has 1 saturated heterocycles. The second-order valence-corrected chi connectivity index (χ2v) is 7.00. The molecule has 128 valence electrons. The number of benzene rings is 1. The van der Waals surface area contributed by atoms with Crippen molar-refractivity contribution in [1.82, 2.24) is 15.2 Å². The van der Waals surface area contributed by atoms with Gasteiger partial charge in [0.05, 0.1) is 25.2 Å². The first kappa shape index (κ1) is 17.1. The number of hydrogen-bond donors (Lipinski definition) is 1. The minimum atomic E-state index is -0.0542. The SMILES string of the molecule is C[C@H](NC(=O)C[C@@H]1CN(Cc2ccccc2)CCO1)c1nccs1. The zero-order chi connectivity index (χ0) is 16.8. The Morgan fingerprint density at radius 3 is 3.04 bits per heavy atom. The van der Waals surface area contributed by atoms with Gasteiger partial charge in [0.2, 0.25) is 5.91 Å². The van der Waals surface area contributed by atoms with Gasteiger partial charge in [-0.1, -0.05) is 30.3 Å². The van der Waals surface area contributed by atoms with Gasteiger partial charge >= 0.3 is 0 Å². The van der Waals surface area contributed by atoms with Crippen LogP contribution in [0.4, 0.5) is 0 Å². The van der Waals surface area contributed by atoms with Crippen LogP contribution >= 0.6 is 11.3 Å². The predicted molar refractivity (Wildman–Crippen MR) is 94.7 cm³/mol. The topological polar surface area (TPSA) is 54.5 Å². The molecule has 1 aliphatic rings. The number of carbonyl (C=O) groups is 1. The molecule has 0 radical (unpaired) electrons. The highest BCUT2D eigenvalue weighted by Gasteiger charge is 2.23. The first-order valence-electron chi connectivity index (χ1n) is 8.27. The molecule has 24 heavy (non-hydrogen) atoms. The number of nitrogens with one attached hydrogen (secondary N) is 1. The third kappa shape index (κ3) is 4.87. The van der Waals surface area contributed by atoms with Crippen molar-refractivity contribution in [3.8, 4) is 0 Å². The molecule has 2 atom stereocenters. The number of hydrogen-bond acceptors (Lipinski definition) is 5. The van der Waals surface area contributed by atoms with Crippen molar-refractivity contribution in [2.75, 3.05) is 19.7 Å². The van der Waals surface area contributed by atoms with Crippen LogP contribution in [0.25, 0.3) is 0 Å². The molecule has 1 aromatic carbocycles. The molecule has 0 unspecified atom stereocenters. The number of amides is 1. The Hall–Kier alpha value is -1.76. The largest absolute Gasteiger partial charge is 0.375 e. The summed E-state index contributed by atoms with van der Waals surface area (Å²) >= 11 is 1.56. The van der Waals surface area contributed by atoms with Crippen molar-refractivity contribution < 1.29 is 9.53 Å². The van der Waals surface area contributed by atoms with Gasteiger partial charge in [-0.05, 0) is 12.5 Å². The Labute approximate surface area is 146 Å². The molecule has 6 heteroatoms. The van der Waals surface area contributed by atoms with Crippen LogP contribution in [0, 0.1) is 0 Å². The van der Waals surface area contributed by atoms with Crippen LogP contribution in [0.5, 0.6) is 0 Å². The first-order valence-corrected chi connectivity index (χ1v) is 9.15. The van der Waals surface area contributed by atoms with E-state index >= 15 is 0 Å². The van der Waals surface area contributed by atoms with Crippen LogP contribution in [0.1, 0.15) is 30.0 Å². The zero-order valence-electron chi connectivity index (χ0n) is 13.9. The molecular formula is C18H23N3O2S. The van der Waals surface area contributed by atoms with E-state index in [1.807, 2.05) is 18.4 Å². The van der Waals surface area contributed by atoms with Crippen LogP contribution < -0.4 is 5.32 Å². The summed E-state index contributed by atoms with van der Waals surface area (Å²) in [5.74, 6) is 0.0178. The summed E-state index contributed by atoms with van der Waals surface area (Å²) in [6.07, 6.45) is 2.10. The Balaban J connectivity index is 1.47. The maximum absolute atomic E-state index is 12.2. The fourth-order valence-electron chi connectivity index (χ4n) is 2.91. The number of nitrogens with zero attached hydrogens (tertiary/aromatic N) is 2. The quantitative estimate of drug-likeness (QED) is 0.874.